The molecule has 0 radical (unpaired) electrons. The van der Waals surface area contributed by atoms with Crippen LogP contribution in [-0.4, -0.2) is 4.98 Å². The molecule has 1 aliphatic rings. The second-order valence-corrected chi connectivity index (χ2v) is 24.1. The van der Waals surface area contributed by atoms with Crippen molar-refractivity contribution in [3.05, 3.63) is 124 Å². The summed E-state index contributed by atoms with van der Waals surface area (Å²) in [6, 6.07) is 20.0. The number of nitrogens with zero attached hydrogens (tertiary/aromatic N) is 1. The Morgan fingerprint density at radius 3 is 0.780 bits per heavy atom. The van der Waals surface area contributed by atoms with Gasteiger partial charge in [-0.2, -0.15) is 0 Å². The third-order valence-corrected chi connectivity index (χ3v) is 10.2. The first-order valence-corrected chi connectivity index (χ1v) is 21.0. The van der Waals surface area contributed by atoms with Crippen molar-refractivity contribution < 1.29 is 0 Å². The number of hydrogen-bond acceptors (Lipinski definition) is 1. The minimum atomic E-state index is 0. The normalized spacial score (nSPS) is 13.4. The predicted octanol–water partition coefficient (Wildman–Crippen LogP) is 19.1. The number of benzene rings is 2. The average molecular weight is 814 g/mol. The fourth-order valence-electron chi connectivity index (χ4n) is 6.46. The Balaban J connectivity index is -0.000000334. The van der Waals surface area contributed by atoms with Crippen LogP contribution in [0.25, 0.3) is 0 Å². The molecule has 1 aromatic heterocycles. The summed E-state index contributed by atoms with van der Waals surface area (Å²) in [6.45, 7) is 54.2. The smallest absolute Gasteiger partial charge is 0.0305 e. The molecule has 1 heterocycles. The maximum atomic E-state index is 4.32. The van der Waals surface area contributed by atoms with Crippen LogP contribution >= 0.6 is 0 Å². The first kappa shape index (κ1) is 62.7. The highest BCUT2D eigenvalue weighted by Crippen LogP contribution is 2.43. The van der Waals surface area contributed by atoms with Crippen LogP contribution in [0.3, 0.4) is 0 Å². The Morgan fingerprint density at radius 1 is 0.322 bits per heavy atom. The van der Waals surface area contributed by atoms with E-state index in [9.17, 15) is 0 Å². The van der Waals surface area contributed by atoms with Crippen LogP contribution in [0.2, 0.25) is 0 Å². The molecule has 0 aliphatic heterocycles. The van der Waals surface area contributed by atoms with Gasteiger partial charge >= 0.3 is 0 Å². The highest BCUT2D eigenvalue weighted by molar-refractivity contribution is 5.44. The van der Waals surface area contributed by atoms with Crippen molar-refractivity contribution in [2.75, 3.05) is 0 Å². The zero-order valence-electron chi connectivity index (χ0n) is 40.7. The van der Waals surface area contributed by atoms with Crippen LogP contribution in [0, 0.1) is 10.8 Å². The predicted molar refractivity (Wildman–Crippen MR) is 276 cm³/mol. The van der Waals surface area contributed by atoms with Gasteiger partial charge in [-0.3, -0.25) is 4.98 Å². The molecule has 0 N–H and O–H groups in total. The first-order chi connectivity index (χ1) is 24.4. The molecule has 0 amide bonds. The third kappa shape index (κ3) is 20.9. The minimum Gasteiger partial charge on any atom is -0.264 e. The van der Waals surface area contributed by atoms with Crippen molar-refractivity contribution in [3.8, 4) is 0 Å². The molecule has 1 nitrogen and oxygen atoms in total. The molecule has 0 spiro atoms. The lowest BCUT2D eigenvalue weighted by Gasteiger charge is -2.31. The number of pyridine rings is 1. The van der Waals surface area contributed by atoms with Gasteiger partial charge in [0.25, 0.3) is 0 Å². The Labute approximate surface area is 372 Å². The number of aromatic nitrogens is 1. The lowest BCUT2D eigenvalue weighted by atomic mass is 9.74. The molecule has 0 saturated heterocycles. The van der Waals surface area contributed by atoms with Crippen LogP contribution in [0.5, 0.6) is 0 Å². The van der Waals surface area contributed by atoms with Crippen LogP contribution < -0.4 is 0 Å². The maximum absolute atomic E-state index is 4.32. The summed E-state index contributed by atoms with van der Waals surface area (Å²) in [4.78, 5) is 4.32. The van der Waals surface area contributed by atoms with Crippen LogP contribution in [-0.2, 0) is 32.5 Å². The van der Waals surface area contributed by atoms with Crippen molar-refractivity contribution in [1.82, 2.24) is 4.98 Å². The van der Waals surface area contributed by atoms with E-state index in [4.69, 9.17) is 0 Å². The highest BCUT2D eigenvalue weighted by atomic mass is 14.6. The molecule has 1 heteroatoms. The van der Waals surface area contributed by atoms with Gasteiger partial charge in [-0.1, -0.05) is 263 Å². The quantitative estimate of drug-likeness (QED) is 0.220. The topological polar surface area (TPSA) is 12.9 Å². The molecule has 4 rings (SSSR count). The summed E-state index contributed by atoms with van der Waals surface area (Å²) < 4.78 is 0. The molecular weight excluding hydrogens is 711 g/mol. The third-order valence-electron chi connectivity index (χ3n) is 10.2. The molecule has 0 atom stereocenters. The van der Waals surface area contributed by atoms with Crippen molar-refractivity contribution >= 4 is 0 Å². The van der Waals surface area contributed by atoms with Crippen molar-refractivity contribution in [1.29, 1.82) is 0 Å². The van der Waals surface area contributed by atoms with Crippen LogP contribution in [0.1, 0.15) is 236 Å². The number of hydrogen-bond donors (Lipinski definition) is 0. The van der Waals surface area contributed by atoms with Gasteiger partial charge in [0.05, 0.1) is 0 Å². The molecule has 0 unspecified atom stereocenters. The largest absolute Gasteiger partial charge is 0.264 e. The lowest BCUT2D eigenvalue weighted by molar-refractivity contribution is 0.449. The second kappa shape index (κ2) is 22.8. The van der Waals surface area contributed by atoms with Gasteiger partial charge in [-0.25, -0.2) is 0 Å². The van der Waals surface area contributed by atoms with E-state index in [1.807, 2.05) is 12.4 Å². The molecule has 1 aliphatic carbocycles. The van der Waals surface area contributed by atoms with Crippen molar-refractivity contribution in [2.24, 2.45) is 10.8 Å². The highest BCUT2D eigenvalue weighted by Gasteiger charge is 2.30. The summed E-state index contributed by atoms with van der Waals surface area (Å²) in [7, 11) is 0. The Morgan fingerprint density at radius 2 is 0.576 bits per heavy atom. The Hall–Kier alpha value is -2.93. The van der Waals surface area contributed by atoms with E-state index in [1.165, 1.54) is 33.4 Å². The summed E-state index contributed by atoms with van der Waals surface area (Å²) >= 11 is 0. The minimum absolute atomic E-state index is 0. The van der Waals surface area contributed by atoms with Gasteiger partial charge in [0.2, 0.25) is 0 Å². The molecule has 3 aromatic rings. The zero-order chi connectivity index (χ0) is 43.2. The Bertz CT molecular complexity index is 1560. The van der Waals surface area contributed by atoms with Crippen molar-refractivity contribution in [3.63, 3.8) is 0 Å². The van der Waals surface area contributed by atoms with Gasteiger partial charge in [-0.15, -0.1) is 0 Å². The van der Waals surface area contributed by atoms with E-state index in [0.29, 0.717) is 10.8 Å². The fraction of sp³-hybridized carbons (Fsp3) is 0.638. The van der Waals surface area contributed by atoms with Gasteiger partial charge in [-0.05, 0) is 94.3 Å². The van der Waals surface area contributed by atoms with E-state index >= 15 is 0 Å². The van der Waals surface area contributed by atoms with E-state index in [2.05, 4.69) is 238 Å². The molecule has 0 fully saturated rings. The summed E-state index contributed by atoms with van der Waals surface area (Å²) in [5.41, 5.74) is 13.4. The zero-order valence-corrected chi connectivity index (χ0v) is 40.7. The summed E-state index contributed by atoms with van der Waals surface area (Å²) in [5, 5.41) is 0. The van der Waals surface area contributed by atoms with Gasteiger partial charge < -0.3 is 0 Å². The molecule has 340 valence electrons. The van der Waals surface area contributed by atoms with E-state index in [0.717, 1.165) is 6.42 Å². The molecule has 59 heavy (non-hydrogen) atoms. The van der Waals surface area contributed by atoms with Crippen molar-refractivity contribution in [2.45, 2.75) is 235 Å². The lowest BCUT2D eigenvalue weighted by Crippen LogP contribution is -2.21. The fourth-order valence-corrected chi connectivity index (χ4v) is 6.46. The molecule has 0 bridgehead atoms. The summed E-state index contributed by atoms with van der Waals surface area (Å²) in [5.74, 6) is 0. The van der Waals surface area contributed by atoms with Crippen LogP contribution in [0.4, 0.5) is 0 Å². The van der Waals surface area contributed by atoms with E-state index < -0.39 is 0 Å². The number of allylic oxidation sites excluding steroid dienone is 4. The monoisotopic (exact) mass is 814 g/mol. The second-order valence-electron chi connectivity index (χ2n) is 24.1. The van der Waals surface area contributed by atoms with Crippen LogP contribution in [0.15, 0.2) is 90.3 Å². The van der Waals surface area contributed by atoms with E-state index in [1.54, 1.807) is 11.1 Å². The molecule has 2 aromatic carbocycles. The maximum Gasteiger partial charge on any atom is 0.0305 e. The molecular formula is C58H103N. The Kier molecular flexibility index (Phi) is 24.2. The standard InChI is InChI=1S/2C14H22.C13H21N.C13H22.4CH4/c1-13(2,3)11-7-9-12(10-8-11)14(4,5)6;1-13(2,3)11-9-7-8-10-12(11)14(4,5)6;1-12(2,3)10-7-11(9-14-8-10)13(4,5)6;1-12(2,3)10-8-7-9-11(10)13(4,5)6;;;;/h2*7-10H,1-6H3;7-9H,1-6H3;8-9H,7H2,1-6H3;4*1H4. The van der Waals surface area contributed by atoms with Gasteiger partial charge in [0.1, 0.15) is 0 Å². The van der Waals surface area contributed by atoms with Gasteiger partial charge in [0, 0.05) is 12.4 Å². The SMILES string of the molecule is C.C.C.C.CC(C)(C)C1=CCC=C1C(C)(C)C.CC(C)(C)c1ccc(C(C)(C)C)cc1.CC(C)(C)c1ccccc1C(C)(C)C.CC(C)(C)c1cncc(C(C)(C)C)c1. The van der Waals surface area contributed by atoms with E-state index in [-0.39, 0.29) is 62.2 Å². The molecule has 0 saturated carbocycles. The van der Waals surface area contributed by atoms with Gasteiger partial charge in [0.15, 0.2) is 0 Å². The number of rotatable bonds is 0. The average Bonchev–Trinajstić information content (AvgIpc) is 3.52. The first-order valence-electron chi connectivity index (χ1n) is 21.0. The summed E-state index contributed by atoms with van der Waals surface area (Å²) in [6.07, 6.45) is 9.81.